The summed E-state index contributed by atoms with van der Waals surface area (Å²) in [5, 5.41) is 15.1. The molecule has 0 unspecified atom stereocenters. The maximum Gasteiger partial charge on any atom is 0.250 e. The lowest BCUT2D eigenvalue weighted by Crippen LogP contribution is -2.55. The molecule has 3 rings (SSSR count). The minimum atomic E-state index is -0.584. The number of anilines is 2. The number of amides is 1. The summed E-state index contributed by atoms with van der Waals surface area (Å²) < 4.78 is 5.31. The summed E-state index contributed by atoms with van der Waals surface area (Å²) in [7, 11) is 0. The first kappa shape index (κ1) is 11.1. The molecule has 1 amide bonds. The van der Waals surface area contributed by atoms with Crippen LogP contribution in [0.3, 0.4) is 0 Å². The Kier molecular flexibility index (Phi) is 2.46. The molecule has 0 aromatic heterocycles. The van der Waals surface area contributed by atoms with Crippen LogP contribution in [0.25, 0.3) is 0 Å². The smallest absolute Gasteiger partial charge is 0.250 e. The number of rotatable bonds is 0. The van der Waals surface area contributed by atoms with Gasteiger partial charge in [0.25, 0.3) is 0 Å². The molecule has 0 aliphatic carbocycles. The van der Waals surface area contributed by atoms with Gasteiger partial charge in [-0.3, -0.25) is 4.79 Å². The van der Waals surface area contributed by atoms with Gasteiger partial charge in [-0.15, -0.1) is 0 Å². The summed E-state index contributed by atoms with van der Waals surface area (Å²) >= 11 is 0. The zero-order chi connectivity index (χ0) is 12.6. The first-order valence-corrected chi connectivity index (χ1v) is 5.95. The molecule has 2 aliphatic rings. The summed E-state index contributed by atoms with van der Waals surface area (Å²) in [5.41, 5.74) is 1.55. The fourth-order valence-corrected chi connectivity index (χ4v) is 2.45. The molecule has 1 saturated heterocycles. The predicted octanol–water partition coefficient (Wildman–Crippen LogP) is 1.47. The minimum absolute atomic E-state index is 0.0111. The number of carbonyl (C=O) groups excluding carboxylic acids is 1. The minimum Gasteiger partial charge on any atom is -0.381 e. The van der Waals surface area contributed by atoms with Crippen molar-refractivity contribution >= 4 is 17.3 Å². The molecule has 5 heteroatoms. The van der Waals surface area contributed by atoms with E-state index in [0.717, 1.165) is 11.4 Å². The molecule has 0 saturated carbocycles. The molecular weight excluding hydrogens is 230 g/mol. The largest absolute Gasteiger partial charge is 0.381 e. The van der Waals surface area contributed by atoms with Gasteiger partial charge in [0.15, 0.2) is 0 Å². The number of fused-ring (bicyclic) bond motifs is 1. The molecule has 1 aromatic rings. The zero-order valence-electron chi connectivity index (χ0n) is 9.82. The average Bonchev–Trinajstić information content (AvgIpc) is 2.41. The van der Waals surface area contributed by atoms with Crippen molar-refractivity contribution in [2.45, 2.75) is 18.4 Å². The third kappa shape index (κ3) is 1.62. The van der Waals surface area contributed by atoms with Gasteiger partial charge in [-0.1, -0.05) is 0 Å². The van der Waals surface area contributed by atoms with Gasteiger partial charge in [-0.05, 0) is 18.2 Å². The Bertz CT molecular complexity index is 542. The number of carbonyl (C=O) groups is 1. The monoisotopic (exact) mass is 243 g/mol. The van der Waals surface area contributed by atoms with Gasteiger partial charge in [-0.2, -0.15) is 5.26 Å². The van der Waals surface area contributed by atoms with Gasteiger partial charge < -0.3 is 15.4 Å². The Balaban J connectivity index is 1.99. The summed E-state index contributed by atoms with van der Waals surface area (Å²) in [4.78, 5) is 12.2. The number of ether oxygens (including phenoxy) is 1. The molecule has 2 heterocycles. The Hall–Kier alpha value is -2.06. The molecule has 18 heavy (non-hydrogen) atoms. The predicted molar refractivity (Wildman–Crippen MR) is 66.2 cm³/mol. The summed E-state index contributed by atoms with van der Waals surface area (Å²) in [5.74, 6) is -0.0111. The Morgan fingerprint density at radius 3 is 2.78 bits per heavy atom. The van der Waals surface area contributed by atoms with E-state index in [4.69, 9.17) is 10.00 Å². The van der Waals surface area contributed by atoms with Crippen LogP contribution < -0.4 is 10.6 Å². The lowest BCUT2D eigenvalue weighted by atomic mass is 9.86. The van der Waals surface area contributed by atoms with E-state index in [9.17, 15) is 4.79 Å². The van der Waals surface area contributed by atoms with E-state index in [1.165, 1.54) is 0 Å². The first-order valence-electron chi connectivity index (χ1n) is 5.95. The van der Waals surface area contributed by atoms with E-state index in [1.54, 1.807) is 18.2 Å². The van der Waals surface area contributed by atoms with Crippen molar-refractivity contribution in [3.05, 3.63) is 23.8 Å². The molecule has 0 radical (unpaired) electrons. The number of nitriles is 1. The number of benzene rings is 1. The van der Waals surface area contributed by atoms with Crippen molar-refractivity contribution in [1.29, 1.82) is 5.26 Å². The van der Waals surface area contributed by atoms with Crippen molar-refractivity contribution in [3.8, 4) is 6.07 Å². The van der Waals surface area contributed by atoms with Crippen LogP contribution in [0.5, 0.6) is 0 Å². The molecule has 2 N–H and O–H groups in total. The second-order valence-corrected chi connectivity index (χ2v) is 4.65. The highest BCUT2D eigenvalue weighted by molar-refractivity contribution is 6.06. The second-order valence-electron chi connectivity index (χ2n) is 4.65. The van der Waals surface area contributed by atoms with Crippen LogP contribution in [0.1, 0.15) is 18.4 Å². The highest BCUT2D eigenvalue weighted by Gasteiger charge is 2.43. The number of hydrogen-bond donors (Lipinski definition) is 2. The van der Waals surface area contributed by atoms with Crippen molar-refractivity contribution in [2.24, 2.45) is 0 Å². The highest BCUT2D eigenvalue weighted by atomic mass is 16.5. The quantitative estimate of drug-likeness (QED) is 0.723. The summed E-state index contributed by atoms with van der Waals surface area (Å²) in [6, 6.07) is 7.32. The van der Waals surface area contributed by atoms with Gasteiger partial charge in [0, 0.05) is 26.1 Å². The van der Waals surface area contributed by atoms with Crippen LogP contribution in [-0.4, -0.2) is 24.7 Å². The topological polar surface area (TPSA) is 74.1 Å². The summed E-state index contributed by atoms with van der Waals surface area (Å²) in [6.45, 7) is 1.15. The normalized spacial score (nSPS) is 20.5. The molecular formula is C13H13N3O2. The zero-order valence-corrected chi connectivity index (χ0v) is 9.82. The van der Waals surface area contributed by atoms with Crippen LogP contribution >= 0.6 is 0 Å². The molecule has 1 aromatic carbocycles. The lowest BCUT2D eigenvalue weighted by molar-refractivity contribution is -0.123. The molecule has 0 atom stereocenters. The number of hydrogen-bond acceptors (Lipinski definition) is 4. The van der Waals surface area contributed by atoms with E-state index in [1.807, 2.05) is 0 Å². The molecule has 1 fully saturated rings. The molecule has 1 spiro atoms. The van der Waals surface area contributed by atoms with E-state index < -0.39 is 5.54 Å². The van der Waals surface area contributed by atoms with Gasteiger partial charge in [-0.25, -0.2) is 0 Å². The fraction of sp³-hybridized carbons (Fsp3) is 0.385. The third-order valence-corrected chi connectivity index (χ3v) is 3.55. The highest BCUT2D eigenvalue weighted by Crippen LogP contribution is 2.36. The maximum atomic E-state index is 12.2. The van der Waals surface area contributed by atoms with E-state index in [-0.39, 0.29) is 5.91 Å². The number of nitrogens with zero attached hydrogens (tertiary/aromatic N) is 1. The van der Waals surface area contributed by atoms with Crippen LogP contribution in [0.2, 0.25) is 0 Å². The molecule has 92 valence electrons. The van der Waals surface area contributed by atoms with Crippen molar-refractivity contribution in [1.82, 2.24) is 0 Å². The van der Waals surface area contributed by atoms with E-state index in [0.29, 0.717) is 31.6 Å². The lowest BCUT2D eigenvalue weighted by Gasteiger charge is -2.41. The van der Waals surface area contributed by atoms with Gasteiger partial charge >= 0.3 is 0 Å². The third-order valence-electron chi connectivity index (χ3n) is 3.55. The second kappa shape index (κ2) is 4.00. The first-order chi connectivity index (χ1) is 8.73. The maximum absolute atomic E-state index is 12.2. The van der Waals surface area contributed by atoms with Crippen molar-refractivity contribution in [3.63, 3.8) is 0 Å². The molecule has 2 aliphatic heterocycles. The molecule has 5 nitrogen and oxygen atoms in total. The average molecular weight is 243 g/mol. The molecule has 0 bridgehead atoms. The van der Waals surface area contributed by atoms with E-state index >= 15 is 0 Å². The van der Waals surface area contributed by atoms with Gasteiger partial charge in [0.05, 0.1) is 23.0 Å². The number of nitrogens with one attached hydrogen (secondary N) is 2. The van der Waals surface area contributed by atoms with Crippen LogP contribution in [0, 0.1) is 11.3 Å². The Labute approximate surface area is 105 Å². The summed E-state index contributed by atoms with van der Waals surface area (Å²) in [6.07, 6.45) is 1.30. The van der Waals surface area contributed by atoms with Gasteiger partial charge in [0.2, 0.25) is 5.91 Å². The van der Waals surface area contributed by atoms with Gasteiger partial charge in [0.1, 0.15) is 5.54 Å². The van der Waals surface area contributed by atoms with Crippen LogP contribution in [0.15, 0.2) is 18.2 Å². The standard InChI is InChI=1S/C13H13N3O2/c14-8-9-1-2-10-11(7-9)16-13(12(17)15-10)3-5-18-6-4-13/h1-2,7,16H,3-6H2,(H,15,17). The Morgan fingerprint density at radius 1 is 1.28 bits per heavy atom. The fourth-order valence-electron chi connectivity index (χ4n) is 2.45. The Morgan fingerprint density at radius 2 is 2.06 bits per heavy atom. The van der Waals surface area contributed by atoms with Crippen LogP contribution in [0.4, 0.5) is 11.4 Å². The van der Waals surface area contributed by atoms with Crippen molar-refractivity contribution < 1.29 is 9.53 Å². The van der Waals surface area contributed by atoms with Crippen LogP contribution in [-0.2, 0) is 9.53 Å². The van der Waals surface area contributed by atoms with E-state index in [2.05, 4.69) is 16.7 Å². The van der Waals surface area contributed by atoms with Crippen molar-refractivity contribution in [2.75, 3.05) is 23.8 Å². The SMILES string of the molecule is N#Cc1ccc2c(c1)NC1(CCOCC1)C(=O)N2.